The molecule has 4 heterocycles. The zero-order valence-electron chi connectivity index (χ0n) is 25.9. The lowest BCUT2D eigenvalue weighted by Gasteiger charge is -2.44. The van der Waals surface area contributed by atoms with Gasteiger partial charge >= 0.3 is 6.09 Å². The van der Waals surface area contributed by atoms with Crippen molar-refractivity contribution in [3.8, 4) is 28.3 Å². The van der Waals surface area contributed by atoms with Crippen LogP contribution in [-0.4, -0.2) is 66.2 Å². The molecule has 0 unspecified atom stereocenters. The van der Waals surface area contributed by atoms with E-state index in [4.69, 9.17) is 20.4 Å². The molecule has 0 saturated carbocycles. The highest BCUT2D eigenvalue weighted by molar-refractivity contribution is 5.84. The number of nitrogens with two attached hydrogens (primary N) is 1. The molecule has 2 N–H and O–H groups in total. The Balaban J connectivity index is 1.29. The molecule has 0 spiro atoms. The molecule has 44 heavy (non-hydrogen) atoms. The van der Waals surface area contributed by atoms with Crippen LogP contribution < -0.4 is 5.73 Å². The molecule has 1 saturated heterocycles. The van der Waals surface area contributed by atoms with Crippen LogP contribution in [0.2, 0.25) is 0 Å². The number of anilines is 1. The van der Waals surface area contributed by atoms with E-state index in [1.165, 1.54) is 5.56 Å². The zero-order valence-corrected chi connectivity index (χ0v) is 25.9. The molecule has 0 radical (unpaired) electrons. The highest BCUT2D eigenvalue weighted by Gasteiger charge is 2.35. The predicted octanol–water partition coefficient (Wildman–Crippen LogP) is 6.56. The highest BCUT2D eigenvalue weighted by atomic mass is 16.6. The van der Waals surface area contributed by atoms with E-state index in [0.717, 1.165) is 53.3 Å². The van der Waals surface area contributed by atoms with Crippen LogP contribution >= 0.6 is 0 Å². The van der Waals surface area contributed by atoms with Crippen LogP contribution in [0.5, 0.6) is 0 Å². The van der Waals surface area contributed by atoms with E-state index in [2.05, 4.69) is 64.7 Å². The first kappa shape index (κ1) is 29.3. The van der Waals surface area contributed by atoms with E-state index in [-0.39, 0.29) is 18.2 Å². The number of hydrogen-bond donors (Lipinski definition) is 1. The van der Waals surface area contributed by atoms with Gasteiger partial charge in [-0.2, -0.15) is 0 Å². The molecule has 1 aliphatic rings. The van der Waals surface area contributed by atoms with Gasteiger partial charge in [0.1, 0.15) is 16.9 Å². The number of nitrogen functional groups attached to an aromatic ring is 1. The molecule has 5 aromatic rings. The Bertz CT molecular complexity index is 1770. The molecule has 3 aromatic heterocycles. The van der Waals surface area contributed by atoms with Crippen molar-refractivity contribution in [3.63, 3.8) is 0 Å². The van der Waals surface area contributed by atoms with Crippen molar-refractivity contribution < 1.29 is 9.53 Å². The van der Waals surface area contributed by atoms with Gasteiger partial charge in [0.2, 0.25) is 0 Å². The summed E-state index contributed by atoms with van der Waals surface area (Å²) in [5, 5.41) is 0. The van der Waals surface area contributed by atoms with Crippen molar-refractivity contribution >= 4 is 23.1 Å². The van der Waals surface area contributed by atoms with Gasteiger partial charge < -0.3 is 15.4 Å². The van der Waals surface area contributed by atoms with Crippen LogP contribution in [0.25, 0.3) is 39.5 Å². The first-order valence-corrected chi connectivity index (χ1v) is 15.1. The number of aromatic nitrogens is 4. The van der Waals surface area contributed by atoms with Crippen LogP contribution in [-0.2, 0) is 11.3 Å². The molecule has 1 amide bonds. The minimum absolute atomic E-state index is 0.0440. The smallest absolute Gasteiger partial charge is 0.410 e. The minimum atomic E-state index is -0.517. The van der Waals surface area contributed by atoms with Crippen LogP contribution in [0.15, 0.2) is 85.1 Å². The highest BCUT2D eigenvalue weighted by Crippen LogP contribution is 2.32. The van der Waals surface area contributed by atoms with Crippen molar-refractivity contribution in [1.29, 1.82) is 0 Å². The third-order valence-corrected chi connectivity index (χ3v) is 7.85. The van der Waals surface area contributed by atoms with Crippen molar-refractivity contribution in [2.45, 2.75) is 58.8 Å². The fourth-order valence-corrected chi connectivity index (χ4v) is 6.00. The molecule has 1 fully saturated rings. The van der Waals surface area contributed by atoms with Gasteiger partial charge in [-0.1, -0.05) is 42.5 Å². The SMILES string of the molecule is C[C@@H]1CN(Cc2ccc(-n3c(-c4cccnc4N)nc4ccc(-c5ccccc5)nc43)cc2)C[C@H](C)N1C(=O)OC(C)(C)C. The number of pyridine rings is 2. The quantitative estimate of drug-likeness (QED) is 0.248. The summed E-state index contributed by atoms with van der Waals surface area (Å²) in [5.74, 6) is 1.11. The number of imidazole rings is 1. The van der Waals surface area contributed by atoms with Crippen molar-refractivity contribution in [3.05, 3.63) is 90.6 Å². The number of piperazine rings is 1. The average molecular weight is 590 g/mol. The van der Waals surface area contributed by atoms with Gasteiger partial charge in [-0.25, -0.2) is 19.7 Å². The summed E-state index contributed by atoms with van der Waals surface area (Å²) >= 11 is 0. The Kier molecular flexibility index (Phi) is 7.82. The fourth-order valence-electron chi connectivity index (χ4n) is 6.00. The number of hydrogen-bond acceptors (Lipinski definition) is 7. The monoisotopic (exact) mass is 589 g/mol. The van der Waals surface area contributed by atoms with Gasteiger partial charge in [-0.05, 0) is 76.6 Å². The second-order valence-corrected chi connectivity index (χ2v) is 12.6. The van der Waals surface area contributed by atoms with Crippen LogP contribution in [0.4, 0.5) is 10.6 Å². The molecule has 9 nitrogen and oxygen atoms in total. The summed E-state index contributed by atoms with van der Waals surface area (Å²) in [7, 11) is 0. The van der Waals surface area contributed by atoms with Crippen molar-refractivity contribution in [2.75, 3.05) is 18.8 Å². The summed E-state index contributed by atoms with van der Waals surface area (Å²) in [4.78, 5) is 31.5. The molecule has 2 atom stereocenters. The largest absolute Gasteiger partial charge is 0.444 e. The van der Waals surface area contributed by atoms with Gasteiger partial charge in [-0.3, -0.25) is 9.47 Å². The number of nitrogens with zero attached hydrogens (tertiary/aromatic N) is 6. The lowest BCUT2D eigenvalue weighted by Crippen LogP contribution is -2.59. The van der Waals surface area contributed by atoms with E-state index < -0.39 is 5.60 Å². The summed E-state index contributed by atoms with van der Waals surface area (Å²) in [6.45, 7) is 12.2. The predicted molar refractivity (Wildman–Crippen MR) is 174 cm³/mol. The maximum absolute atomic E-state index is 12.9. The van der Waals surface area contributed by atoms with Crippen LogP contribution in [0.1, 0.15) is 40.2 Å². The van der Waals surface area contributed by atoms with E-state index in [1.54, 1.807) is 6.20 Å². The maximum atomic E-state index is 12.9. The minimum Gasteiger partial charge on any atom is -0.444 e. The van der Waals surface area contributed by atoms with Crippen molar-refractivity contribution in [1.82, 2.24) is 29.3 Å². The van der Waals surface area contributed by atoms with Crippen LogP contribution in [0, 0.1) is 0 Å². The number of carbonyl (C=O) groups excluding carboxylic acids is 1. The number of amides is 1. The molecule has 0 aliphatic carbocycles. The molecule has 2 aromatic carbocycles. The summed E-state index contributed by atoms with van der Waals surface area (Å²) in [6, 6.07) is 26.5. The number of carbonyl (C=O) groups is 1. The average Bonchev–Trinajstić information content (AvgIpc) is 3.35. The van der Waals surface area contributed by atoms with E-state index >= 15 is 0 Å². The normalized spacial score (nSPS) is 17.6. The second kappa shape index (κ2) is 11.7. The van der Waals surface area contributed by atoms with Gasteiger partial charge in [0, 0.05) is 49.2 Å². The zero-order chi connectivity index (χ0) is 31.0. The first-order valence-electron chi connectivity index (χ1n) is 15.1. The van der Waals surface area contributed by atoms with Gasteiger partial charge in [0.15, 0.2) is 11.5 Å². The first-order chi connectivity index (χ1) is 21.1. The van der Waals surface area contributed by atoms with Gasteiger partial charge in [-0.15, -0.1) is 0 Å². The molecule has 0 bridgehead atoms. The number of rotatable bonds is 5. The standard InChI is InChI=1S/C35H39N7O2/c1-23-20-40(21-24(2)41(23)34(43)44-35(3,4)5)22-25-13-15-27(16-14-25)42-32(28-12-9-19-37-31(28)36)39-30-18-17-29(38-33(30)42)26-10-7-6-8-11-26/h6-19,23-24H,20-22H2,1-5H3,(H2,36,37)/t23-,24+. The topological polar surface area (TPSA) is 102 Å². The third kappa shape index (κ3) is 6.01. The Hall–Kier alpha value is -4.76. The van der Waals surface area contributed by atoms with E-state index in [0.29, 0.717) is 11.6 Å². The van der Waals surface area contributed by atoms with Crippen LogP contribution in [0.3, 0.4) is 0 Å². The van der Waals surface area contributed by atoms with E-state index in [9.17, 15) is 4.79 Å². The Morgan fingerprint density at radius 2 is 1.61 bits per heavy atom. The van der Waals surface area contributed by atoms with Gasteiger partial charge in [0.05, 0.1) is 11.3 Å². The molecular formula is C35H39N7O2. The lowest BCUT2D eigenvalue weighted by molar-refractivity contribution is -0.0162. The fraction of sp³-hybridized carbons (Fsp3) is 0.314. The number of benzene rings is 2. The Labute approximate surface area is 258 Å². The molecule has 226 valence electrons. The Morgan fingerprint density at radius 1 is 0.909 bits per heavy atom. The number of ether oxygens (including phenoxy) is 1. The maximum Gasteiger partial charge on any atom is 0.410 e. The molecule has 1 aliphatic heterocycles. The van der Waals surface area contributed by atoms with Gasteiger partial charge in [0.25, 0.3) is 0 Å². The summed E-state index contributed by atoms with van der Waals surface area (Å²) in [5.41, 5.74) is 12.1. The Morgan fingerprint density at radius 3 is 2.27 bits per heavy atom. The summed E-state index contributed by atoms with van der Waals surface area (Å²) in [6.07, 6.45) is 1.43. The molecule has 9 heteroatoms. The van der Waals surface area contributed by atoms with Crippen molar-refractivity contribution in [2.24, 2.45) is 0 Å². The molecular weight excluding hydrogens is 550 g/mol. The summed E-state index contributed by atoms with van der Waals surface area (Å²) < 4.78 is 7.73. The molecule has 6 rings (SSSR count). The second-order valence-electron chi connectivity index (χ2n) is 12.6. The van der Waals surface area contributed by atoms with E-state index in [1.807, 2.05) is 68.1 Å². The lowest BCUT2D eigenvalue weighted by atomic mass is 10.1. The number of fused-ring (bicyclic) bond motifs is 1. The third-order valence-electron chi connectivity index (χ3n) is 7.85.